The standard InChI is InChI=1S/C52H33N3S/c1-4-15-35(16-5-1)49-53-50(36-29-27-34(28-30-36)37-31-32-47-43(33-37)40-21-11-13-26-46(40)56-47)55-51(54-49)42-23-14-25-45-48(42)41-22-10-12-24-44(41)52(45,38-17-6-2-7-18-38)39-19-8-3-9-20-39/h1-33H. The van der Waals surface area contributed by atoms with E-state index in [0.717, 1.165) is 27.8 Å². The van der Waals surface area contributed by atoms with Crippen LogP contribution in [0.2, 0.25) is 0 Å². The van der Waals surface area contributed by atoms with Gasteiger partial charge in [-0.3, -0.25) is 0 Å². The lowest BCUT2D eigenvalue weighted by molar-refractivity contribution is 0.768. The van der Waals surface area contributed by atoms with Gasteiger partial charge in [0, 0.05) is 36.9 Å². The minimum atomic E-state index is -0.517. The number of rotatable bonds is 6. The Balaban J connectivity index is 1.09. The average Bonchev–Trinajstić information content (AvgIpc) is 3.81. The van der Waals surface area contributed by atoms with Crippen LogP contribution in [0.25, 0.3) is 76.6 Å². The number of nitrogens with zero attached hydrogens (tertiary/aromatic N) is 3. The normalized spacial score (nSPS) is 12.8. The second-order valence-corrected chi connectivity index (χ2v) is 15.4. The van der Waals surface area contributed by atoms with Gasteiger partial charge in [-0.15, -0.1) is 11.3 Å². The molecular weight excluding hydrogens is 699 g/mol. The van der Waals surface area contributed by atoms with E-state index in [-0.39, 0.29) is 0 Å². The van der Waals surface area contributed by atoms with Crippen LogP contribution in [0.4, 0.5) is 0 Å². The first-order valence-corrected chi connectivity index (χ1v) is 19.8. The van der Waals surface area contributed by atoms with Crippen LogP contribution in [0.3, 0.4) is 0 Å². The smallest absolute Gasteiger partial charge is 0.164 e. The van der Waals surface area contributed by atoms with Crippen molar-refractivity contribution in [3.05, 3.63) is 222 Å². The van der Waals surface area contributed by atoms with E-state index < -0.39 is 5.41 Å². The molecule has 0 fully saturated rings. The maximum Gasteiger partial charge on any atom is 0.164 e. The monoisotopic (exact) mass is 731 g/mol. The third kappa shape index (κ3) is 5.07. The van der Waals surface area contributed by atoms with Gasteiger partial charge in [0.05, 0.1) is 5.41 Å². The molecule has 0 aliphatic heterocycles. The quantitative estimate of drug-likeness (QED) is 0.171. The first kappa shape index (κ1) is 32.4. The van der Waals surface area contributed by atoms with Crippen molar-refractivity contribution in [2.75, 3.05) is 0 Å². The fourth-order valence-electron chi connectivity index (χ4n) is 8.74. The lowest BCUT2D eigenvalue weighted by atomic mass is 9.67. The summed E-state index contributed by atoms with van der Waals surface area (Å²) in [6.07, 6.45) is 0. The van der Waals surface area contributed by atoms with E-state index >= 15 is 0 Å². The molecule has 0 radical (unpaired) electrons. The zero-order valence-electron chi connectivity index (χ0n) is 30.3. The van der Waals surface area contributed by atoms with Gasteiger partial charge in [-0.25, -0.2) is 15.0 Å². The maximum atomic E-state index is 5.29. The number of hydrogen-bond donors (Lipinski definition) is 0. The summed E-state index contributed by atoms with van der Waals surface area (Å²) in [4.78, 5) is 15.6. The van der Waals surface area contributed by atoms with Gasteiger partial charge >= 0.3 is 0 Å². The second-order valence-electron chi connectivity index (χ2n) is 14.3. The van der Waals surface area contributed by atoms with Crippen LogP contribution in [0, 0.1) is 0 Å². The molecule has 2 aromatic heterocycles. The third-order valence-electron chi connectivity index (χ3n) is 11.2. The highest BCUT2D eigenvalue weighted by atomic mass is 32.1. The highest BCUT2D eigenvalue weighted by molar-refractivity contribution is 7.25. The molecule has 0 saturated carbocycles. The van der Waals surface area contributed by atoms with Crippen molar-refractivity contribution in [3.8, 4) is 56.4 Å². The minimum Gasteiger partial charge on any atom is -0.208 e. The Morgan fingerprint density at radius 2 is 0.857 bits per heavy atom. The molecule has 2 heterocycles. The molecule has 0 spiro atoms. The van der Waals surface area contributed by atoms with Crippen LogP contribution in [0.5, 0.6) is 0 Å². The van der Waals surface area contributed by atoms with Gasteiger partial charge in [0.25, 0.3) is 0 Å². The average molecular weight is 732 g/mol. The Morgan fingerprint density at radius 1 is 0.339 bits per heavy atom. The molecule has 56 heavy (non-hydrogen) atoms. The van der Waals surface area contributed by atoms with Crippen molar-refractivity contribution >= 4 is 31.5 Å². The molecule has 0 amide bonds. The number of benzene rings is 8. The van der Waals surface area contributed by atoms with E-state index in [1.165, 1.54) is 53.6 Å². The summed E-state index contributed by atoms with van der Waals surface area (Å²) >= 11 is 1.84. The van der Waals surface area contributed by atoms with E-state index in [1.54, 1.807) is 0 Å². The molecule has 3 nitrogen and oxygen atoms in total. The van der Waals surface area contributed by atoms with Gasteiger partial charge in [0.15, 0.2) is 17.5 Å². The highest BCUT2D eigenvalue weighted by Gasteiger charge is 2.47. The number of hydrogen-bond acceptors (Lipinski definition) is 4. The van der Waals surface area contributed by atoms with Crippen LogP contribution < -0.4 is 0 Å². The zero-order valence-corrected chi connectivity index (χ0v) is 31.1. The predicted octanol–water partition coefficient (Wildman–Crippen LogP) is 13.3. The van der Waals surface area contributed by atoms with Crippen molar-refractivity contribution in [2.24, 2.45) is 0 Å². The summed E-state index contributed by atoms with van der Waals surface area (Å²) in [6.45, 7) is 0. The summed E-state index contributed by atoms with van der Waals surface area (Å²) in [7, 11) is 0. The zero-order chi connectivity index (χ0) is 37.1. The molecule has 0 saturated heterocycles. The summed E-state index contributed by atoms with van der Waals surface area (Å²) in [5, 5.41) is 2.60. The molecule has 0 unspecified atom stereocenters. The van der Waals surface area contributed by atoms with Gasteiger partial charge in [0.2, 0.25) is 0 Å². The van der Waals surface area contributed by atoms with Gasteiger partial charge in [-0.1, -0.05) is 182 Å². The lowest BCUT2D eigenvalue weighted by Gasteiger charge is -2.33. The minimum absolute atomic E-state index is 0.517. The van der Waals surface area contributed by atoms with Crippen LogP contribution in [-0.2, 0) is 5.41 Å². The van der Waals surface area contributed by atoms with Gasteiger partial charge in [-0.2, -0.15) is 0 Å². The van der Waals surface area contributed by atoms with Gasteiger partial charge < -0.3 is 0 Å². The van der Waals surface area contributed by atoms with Crippen LogP contribution in [0.1, 0.15) is 22.3 Å². The molecule has 0 atom stereocenters. The SMILES string of the molecule is c1ccc(-c2nc(-c3ccc(-c4ccc5sc6ccccc6c5c4)cc3)nc(-c3cccc4c3-c3ccccc3C4(c3ccccc3)c3ccccc3)n2)cc1. The Morgan fingerprint density at radius 3 is 1.59 bits per heavy atom. The second kappa shape index (κ2) is 13.1. The van der Waals surface area contributed by atoms with Crippen molar-refractivity contribution in [1.29, 1.82) is 0 Å². The lowest BCUT2D eigenvalue weighted by Crippen LogP contribution is -2.28. The largest absolute Gasteiger partial charge is 0.208 e. The van der Waals surface area contributed by atoms with Crippen LogP contribution in [0.15, 0.2) is 200 Å². The van der Waals surface area contributed by atoms with E-state index in [9.17, 15) is 0 Å². The first-order valence-electron chi connectivity index (χ1n) is 18.9. The number of fused-ring (bicyclic) bond motifs is 6. The van der Waals surface area contributed by atoms with Crippen molar-refractivity contribution < 1.29 is 0 Å². The molecule has 10 aromatic rings. The summed E-state index contributed by atoms with van der Waals surface area (Å²) in [5.74, 6) is 1.93. The molecule has 1 aliphatic rings. The van der Waals surface area contributed by atoms with E-state index in [1.807, 2.05) is 29.5 Å². The first-order chi connectivity index (χ1) is 27.8. The van der Waals surface area contributed by atoms with Crippen molar-refractivity contribution in [3.63, 3.8) is 0 Å². The Bertz CT molecular complexity index is 3020. The van der Waals surface area contributed by atoms with Gasteiger partial charge in [-0.05, 0) is 62.7 Å². The fourth-order valence-corrected chi connectivity index (χ4v) is 9.83. The molecule has 11 rings (SSSR count). The van der Waals surface area contributed by atoms with E-state index in [2.05, 4.69) is 182 Å². The molecule has 4 heteroatoms. The molecule has 8 aromatic carbocycles. The maximum absolute atomic E-state index is 5.29. The summed E-state index contributed by atoms with van der Waals surface area (Å²) in [6, 6.07) is 71.5. The molecular formula is C52H33N3S. The molecule has 0 N–H and O–H groups in total. The van der Waals surface area contributed by atoms with Crippen LogP contribution >= 0.6 is 11.3 Å². The third-order valence-corrected chi connectivity index (χ3v) is 12.4. The summed E-state index contributed by atoms with van der Waals surface area (Å²) in [5.41, 5.74) is 11.9. The molecule has 262 valence electrons. The predicted molar refractivity (Wildman–Crippen MR) is 232 cm³/mol. The Kier molecular flexibility index (Phi) is 7.58. The van der Waals surface area contributed by atoms with Gasteiger partial charge in [0.1, 0.15) is 0 Å². The van der Waals surface area contributed by atoms with E-state index in [0.29, 0.717) is 17.5 Å². The van der Waals surface area contributed by atoms with Crippen molar-refractivity contribution in [1.82, 2.24) is 15.0 Å². The molecule has 1 aliphatic carbocycles. The van der Waals surface area contributed by atoms with E-state index in [4.69, 9.17) is 15.0 Å². The summed E-state index contributed by atoms with van der Waals surface area (Å²) < 4.78 is 2.62. The highest BCUT2D eigenvalue weighted by Crippen LogP contribution is 2.58. The fraction of sp³-hybridized carbons (Fsp3) is 0.0192. The molecule has 0 bridgehead atoms. The number of aromatic nitrogens is 3. The van der Waals surface area contributed by atoms with Crippen LogP contribution in [-0.4, -0.2) is 15.0 Å². The Labute approximate surface area is 329 Å². The number of thiophene rings is 1. The van der Waals surface area contributed by atoms with Crippen molar-refractivity contribution in [2.45, 2.75) is 5.41 Å². The topological polar surface area (TPSA) is 38.7 Å². The Hall–Kier alpha value is -7.01.